The van der Waals surface area contributed by atoms with Crippen molar-refractivity contribution in [3.05, 3.63) is 28.0 Å². The van der Waals surface area contributed by atoms with Crippen LogP contribution in [0.4, 0.5) is 4.39 Å². The number of aliphatic hydroxyl groups excluding tert-OH is 1. The lowest BCUT2D eigenvalue weighted by atomic mass is 10.1. The van der Waals surface area contributed by atoms with E-state index < -0.39 is 0 Å². The molecule has 0 fully saturated rings. The zero-order valence-corrected chi connectivity index (χ0v) is 9.47. The van der Waals surface area contributed by atoms with Crippen molar-refractivity contribution in [2.24, 2.45) is 0 Å². The number of hydrogen-bond donors (Lipinski definition) is 1. The van der Waals surface area contributed by atoms with Crippen LogP contribution in [-0.4, -0.2) is 18.8 Å². The van der Waals surface area contributed by atoms with E-state index in [9.17, 15) is 4.39 Å². The van der Waals surface area contributed by atoms with Crippen LogP contribution in [0.15, 0.2) is 16.6 Å². The summed E-state index contributed by atoms with van der Waals surface area (Å²) in [5.74, 6) is 0.338. The molecule has 0 amide bonds. The fourth-order valence-corrected chi connectivity index (χ4v) is 1.93. The maximum absolute atomic E-state index is 13.0. The highest BCUT2D eigenvalue weighted by Crippen LogP contribution is 2.30. The third-order valence-electron chi connectivity index (χ3n) is 1.89. The second-order valence-electron chi connectivity index (χ2n) is 2.91. The van der Waals surface area contributed by atoms with E-state index in [0.29, 0.717) is 23.1 Å². The fraction of sp³-hybridized carbons (Fsp3) is 0.400. The standard InChI is InChI=1S/C10H12BrFO2/c1-14-10-7(3-2-4-13)5-8(12)6-9(10)11/h5-6,13H,2-4H2,1H3. The Kier molecular flexibility index (Phi) is 4.35. The average molecular weight is 263 g/mol. The number of ether oxygens (including phenoxy) is 1. The smallest absolute Gasteiger partial charge is 0.136 e. The van der Waals surface area contributed by atoms with Gasteiger partial charge in [0.05, 0.1) is 11.6 Å². The molecule has 0 spiro atoms. The van der Waals surface area contributed by atoms with Crippen LogP contribution in [0.1, 0.15) is 12.0 Å². The van der Waals surface area contributed by atoms with Crippen LogP contribution in [0.25, 0.3) is 0 Å². The lowest BCUT2D eigenvalue weighted by molar-refractivity contribution is 0.287. The third kappa shape index (κ3) is 2.69. The van der Waals surface area contributed by atoms with Gasteiger partial charge in [-0.05, 0) is 46.5 Å². The largest absolute Gasteiger partial charge is 0.495 e. The lowest BCUT2D eigenvalue weighted by Crippen LogP contribution is -1.96. The Hall–Kier alpha value is -0.610. The topological polar surface area (TPSA) is 29.5 Å². The summed E-state index contributed by atoms with van der Waals surface area (Å²) in [6.45, 7) is 0.0945. The minimum Gasteiger partial charge on any atom is -0.495 e. The van der Waals surface area contributed by atoms with Gasteiger partial charge >= 0.3 is 0 Å². The number of rotatable bonds is 4. The van der Waals surface area contributed by atoms with E-state index in [2.05, 4.69) is 15.9 Å². The van der Waals surface area contributed by atoms with Gasteiger partial charge < -0.3 is 9.84 Å². The summed E-state index contributed by atoms with van der Waals surface area (Å²) < 4.78 is 18.8. The number of aliphatic hydroxyl groups is 1. The number of methoxy groups -OCH3 is 1. The summed E-state index contributed by atoms with van der Waals surface area (Å²) in [6, 6.07) is 2.79. The Morgan fingerprint density at radius 2 is 2.21 bits per heavy atom. The number of hydrogen-bond acceptors (Lipinski definition) is 2. The van der Waals surface area contributed by atoms with Gasteiger partial charge in [0.1, 0.15) is 11.6 Å². The summed E-state index contributed by atoms with van der Waals surface area (Å²) in [5, 5.41) is 8.68. The van der Waals surface area contributed by atoms with Crippen LogP contribution in [0.5, 0.6) is 5.75 Å². The Labute approximate surface area is 90.8 Å². The van der Waals surface area contributed by atoms with Gasteiger partial charge in [-0.25, -0.2) is 4.39 Å². The third-order valence-corrected chi connectivity index (χ3v) is 2.48. The van der Waals surface area contributed by atoms with Crippen molar-refractivity contribution in [3.8, 4) is 5.75 Å². The van der Waals surface area contributed by atoms with E-state index in [1.807, 2.05) is 0 Å². The minimum absolute atomic E-state index is 0.0945. The summed E-state index contributed by atoms with van der Waals surface area (Å²) in [6.07, 6.45) is 1.21. The first-order valence-corrected chi connectivity index (χ1v) is 5.11. The summed E-state index contributed by atoms with van der Waals surface area (Å²) in [7, 11) is 1.54. The molecule has 0 unspecified atom stereocenters. The molecule has 0 aliphatic heterocycles. The molecule has 0 bridgehead atoms. The molecular weight excluding hydrogens is 251 g/mol. The van der Waals surface area contributed by atoms with Gasteiger partial charge in [0.15, 0.2) is 0 Å². The molecule has 1 N–H and O–H groups in total. The van der Waals surface area contributed by atoms with Gasteiger partial charge in [-0.15, -0.1) is 0 Å². The van der Waals surface area contributed by atoms with Crippen LogP contribution >= 0.6 is 15.9 Å². The number of halogens is 2. The molecule has 1 aromatic carbocycles. The molecular formula is C10H12BrFO2. The van der Waals surface area contributed by atoms with Crippen molar-refractivity contribution in [2.45, 2.75) is 12.8 Å². The number of aryl methyl sites for hydroxylation is 1. The predicted octanol–water partition coefficient (Wildman–Crippen LogP) is 2.52. The first-order valence-electron chi connectivity index (χ1n) is 4.31. The molecule has 4 heteroatoms. The molecule has 1 rings (SSSR count). The Morgan fingerprint density at radius 3 is 2.79 bits per heavy atom. The van der Waals surface area contributed by atoms with Crippen LogP contribution in [-0.2, 0) is 6.42 Å². The highest BCUT2D eigenvalue weighted by Gasteiger charge is 2.09. The Morgan fingerprint density at radius 1 is 1.50 bits per heavy atom. The number of benzene rings is 1. The second kappa shape index (κ2) is 5.32. The highest BCUT2D eigenvalue weighted by atomic mass is 79.9. The summed E-state index contributed by atoms with van der Waals surface area (Å²) in [5.41, 5.74) is 0.772. The van der Waals surface area contributed by atoms with E-state index in [1.54, 1.807) is 7.11 Å². The molecule has 0 heterocycles. The van der Waals surface area contributed by atoms with Crippen molar-refractivity contribution < 1.29 is 14.2 Å². The van der Waals surface area contributed by atoms with E-state index in [4.69, 9.17) is 9.84 Å². The van der Waals surface area contributed by atoms with Crippen molar-refractivity contribution >= 4 is 15.9 Å². The normalized spacial score (nSPS) is 10.3. The minimum atomic E-state index is -0.300. The molecule has 14 heavy (non-hydrogen) atoms. The summed E-state index contributed by atoms with van der Waals surface area (Å²) >= 11 is 3.22. The molecule has 0 aliphatic rings. The van der Waals surface area contributed by atoms with Crippen molar-refractivity contribution in [1.29, 1.82) is 0 Å². The van der Waals surface area contributed by atoms with Crippen molar-refractivity contribution in [3.63, 3.8) is 0 Å². The van der Waals surface area contributed by atoms with Crippen LogP contribution in [0, 0.1) is 5.82 Å². The quantitative estimate of drug-likeness (QED) is 0.904. The zero-order chi connectivity index (χ0) is 10.6. The molecule has 0 radical (unpaired) electrons. The summed E-state index contributed by atoms with van der Waals surface area (Å²) in [4.78, 5) is 0. The molecule has 78 valence electrons. The first-order chi connectivity index (χ1) is 6.69. The van der Waals surface area contributed by atoms with E-state index in [-0.39, 0.29) is 12.4 Å². The molecule has 1 aromatic rings. The maximum atomic E-state index is 13.0. The first kappa shape index (κ1) is 11.5. The molecule has 0 aromatic heterocycles. The van der Waals surface area contributed by atoms with Crippen molar-refractivity contribution in [2.75, 3.05) is 13.7 Å². The lowest BCUT2D eigenvalue weighted by Gasteiger charge is -2.09. The van der Waals surface area contributed by atoms with E-state index in [0.717, 1.165) is 5.56 Å². The van der Waals surface area contributed by atoms with Gasteiger partial charge in [0.25, 0.3) is 0 Å². The Balaban J connectivity index is 2.99. The molecule has 0 aliphatic carbocycles. The van der Waals surface area contributed by atoms with Crippen LogP contribution < -0.4 is 4.74 Å². The maximum Gasteiger partial charge on any atom is 0.136 e. The van der Waals surface area contributed by atoms with Gasteiger partial charge in [0.2, 0.25) is 0 Å². The highest BCUT2D eigenvalue weighted by molar-refractivity contribution is 9.10. The van der Waals surface area contributed by atoms with Gasteiger partial charge in [0, 0.05) is 6.61 Å². The molecule has 0 atom stereocenters. The van der Waals surface area contributed by atoms with E-state index >= 15 is 0 Å². The van der Waals surface area contributed by atoms with Gasteiger partial charge in [-0.1, -0.05) is 0 Å². The van der Waals surface area contributed by atoms with Gasteiger partial charge in [-0.2, -0.15) is 0 Å². The molecule has 0 saturated heterocycles. The predicted molar refractivity (Wildman–Crippen MR) is 56.1 cm³/mol. The Bertz CT molecular complexity index is 315. The monoisotopic (exact) mass is 262 g/mol. The zero-order valence-electron chi connectivity index (χ0n) is 7.89. The SMILES string of the molecule is COc1c(Br)cc(F)cc1CCCO. The second-order valence-corrected chi connectivity index (χ2v) is 3.76. The fourth-order valence-electron chi connectivity index (χ4n) is 1.30. The van der Waals surface area contributed by atoms with E-state index in [1.165, 1.54) is 12.1 Å². The molecule has 0 saturated carbocycles. The van der Waals surface area contributed by atoms with Crippen molar-refractivity contribution in [1.82, 2.24) is 0 Å². The van der Waals surface area contributed by atoms with Crippen LogP contribution in [0.2, 0.25) is 0 Å². The van der Waals surface area contributed by atoms with Crippen LogP contribution in [0.3, 0.4) is 0 Å². The van der Waals surface area contributed by atoms with Gasteiger partial charge in [-0.3, -0.25) is 0 Å². The molecule has 2 nitrogen and oxygen atoms in total. The average Bonchev–Trinajstić information content (AvgIpc) is 2.14.